The van der Waals surface area contributed by atoms with Crippen LogP contribution in [0.5, 0.6) is 5.75 Å². The maximum absolute atomic E-state index is 12.0. The quantitative estimate of drug-likeness (QED) is 0.751. The van der Waals surface area contributed by atoms with Crippen LogP contribution in [0.1, 0.15) is 24.8 Å². The van der Waals surface area contributed by atoms with Crippen molar-refractivity contribution in [3.05, 3.63) is 23.8 Å². The van der Waals surface area contributed by atoms with Gasteiger partial charge in [0.1, 0.15) is 5.75 Å². The molecule has 21 heavy (non-hydrogen) atoms. The van der Waals surface area contributed by atoms with E-state index >= 15 is 0 Å². The number of nitrogens with one attached hydrogen (secondary N) is 2. The van der Waals surface area contributed by atoms with E-state index in [0.29, 0.717) is 5.69 Å². The molecule has 1 aliphatic carbocycles. The van der Waals surface area contributed by atoms with E-state index in [0.717, 1.165) is 24.2 Å². The molecule has 0 aliphatic heterocycles. The van der Waals surface area contributed by atoms with E-state index < -0.39 is 5.97 Å². The molecule has 1 aromatic carbocycles. The second kappa shape index (κ2) is 6.47. The predicted octanol–water partition coefficient (Wildman–Crippen LogP) is 2.38. The largest absolute Gasteiger partial charge is 0.497 e. The molecule has 0 bridgehead atoms. The first-order valence-electron chi connectivity index (χ1n) is 6.93. The highest BCUT2D eigenvalue weighted by atomic mass is 16.5. The molecule has 0 spiro atoms. The molecule has 3 N–H and O–H groups in total. The number of amides is 2. The number of anilines is 1. The molecule has 0 aromatic heterocycles. The summed E-state index contributed by atoms with van der Waals surface area (Å²) in [6.45, 7) is 1.87. The average molecular weight is 292 g/mol. The fourth-order valence-electron chi connectivity index (χ4n) is 2.25. The molecule has 1 unspecified atom stereocenters. The maximum Gasteiger partial charge on any atom is 0.319 e. The van der Waals surface area contributed by atoms with Gasteiger partial charge >= 0.3 is 12.0 Å². The highest BCUT2D eigenvalue weighted by Gasteiger charge is 2.33. The molecule has 1 saturated carbocycles. The monoisotopic (exact) mass is 292 g/mol. The van der Waals surface area contributed by atoms with Crippen LogP contribution in [0.3, 0.4) is 0 Å². The lowest BCUT2D eigenvalue weighted by Gasteiger charge is -2.17. The fourth-order valence-corrected chi connectivity index (χ4v) is 2.25. The van der Waals surface area contributed by atoms with Gasteiger partial charge in [0.05, 0.1) is 13.5 Å². The zero-order valence-electron chi connectivity index (χ0n) is 12.2. The number of methoxy groups -OCH3 is 1. The summed E-state index contributed by atoms with van der Waals surface area (Å²) in [6.07, 6.45) is 1.90. The van der Waals surface area contributed by atoms with Gasteiger partial charge in [-0.25, -0.2) is 4.79 Å². The molecule has 2 rings (SSSR count). The van der Waals surface area contributed by atoms with Crippen LogP contribution in [0.15, 0.2) is 18.2 Å². The lowest BCUT2D eigenvalue weighted by atomic mass is 10.1. The first kappa shape index (κ1) is 15.2. The standard InChI is InChI=1S/C15H20N2O4/c1-9-7-11(21-2)5-6-12(9)16-15(20)17-13(8-14(18)19)10-3-4-10/h5-7,10,13H,3-4,8H2,1-2H3,(H,18,19)(H2,16,17,20). The summed E-state index contributed by atoms with van der Waals surface area (Å²) in [5.74, 6) is 0.108. The Hall–Kier alpha value is -2.24. The van der Waals surface area contributed by atoms with Crippen molar-refractivity contribution < 1.29 is 19.4 Å². The van der Waals surface area contributed by atoms with Gasteiger partial charge in [0.25, 0.3) is 0 Å². The van der Waals surface area contributed by atoms with Crippen LogP contribution in [0.4, 0.5) is 10.5 Å². The van der Waals surface area contributed by atoms with Crippen molar-refractivity contribution in [2.75, 3.05) is 12.4 Å². The highest BCUT2D eigenvalue weighted by Crippen LogP contribution is 2.34. The van der Waals surface area contributed by atoms with Crippen LogP contribution >= 0.6 is 0 Å². The van der Waals surface area contributed by atoms with Crippen molar-refractivity contribution in [2.24, 2.45) is 5.92 Å². The number of benzene rings is 1. The first-order valence-corrected chi connectivity index (χ1v) is 6.93. The SMILES string of the molecule is COc1ccc(NC(=O)NC(CC(=O)O)C2CC2)c(C)c1. The minimum Gasteiger partial charge on any atom is -0.497 e. The van der Waals surface area contributed by atoms with Crippen molar-refractivity contribution in [1.82, 2.24) is 5.32 Å². The third kappa shape index (κ3) is 4.37. The van der Waals surface area contributed by atoms with E-state index in [9.17, 15) is 9.59 Å². The van der Waals surface area contributed by atoms with Crippen molar-refractivity contribution in [3.63, 3.8) is 0 Å². The van der Waals surface area contributed by atoms with Crippen LogP contribution in [0.25, 0.3) is 0 Å². The maximum atomic E-state index is 12.0. The van der Waals surface area contributed by atoms with Crippen LogP contribution in [-0.2, 0) is 4.79 Å². The second-order valence-corrected chi connectivity index (χ2v) is 5.32. The zero-order chi connectivity index (χ0) is 15.4. The van der Waals surface area contributed by atoms with Crippen molar-refractivity contribution in [2.45, 2.75) is 32.2 Å². The molecule has 0 heterocycles. The van der Waals surface area contributed by atoms with Gasteiger partial charge in [-0.3, -0.25) is 4.79 Å². The average Bonchev–Trinajstić information content (AvgIpc) is 3.24. The molecule has 1 atom stereocenters. The Kier molecular flexibility index (Phi) is 4.67. The summed E-state index contributed by atoms with van der Waals surface area (Å²) >= 11 is 0. The molecule has 1 aliphatic rings. The summed E-state index contributed by atoms with van der Waals surface area (Å²) in [7, 11) is 1.58. The smallest absolute Gasteiger partial charge is 0.319 e. The Morgan fingerprint density at radius 1 is 1.43 bits per heavy atom. The summed E-state index contributed by atoms with van der Waals surface area (Å²) in [6, 6.07) is 4.67. The zero-order valence-corrected chi connectivity index (χ0v) is 12.2. The lowest BCUT2D eigenvalue weighted by molar-refractivity contribution is -0.137. The van der Waals surface area contributed by atoms with Gasteiger partial charge in [0.15, 0.2) is 0 Å². The van der Waals surface area contributed by atoms with E-state index in [1.165, 1.54) is 0 Å². The highest BCUT2D eigenvalue weighted by molar-refractivity contribution is 5.90. The van der Waals surface area contributed by atoms with E-state index in [1.807, 2.05) is 13.0 Å². The molecule has 0 saturated heterocycles. The Bertz CT molecular complexity index is 540. The van der Waals surface area contributed by atoms with Gasteiger partial charge in [-0.15, -0.1) is 0 Å². The number of ether oxygens (including phenoxy) is 1. The van der Waals surface area contributed by atoms with Gasteiger partial charge in [0.2, 0.25) is 0 Å². The van der Waals surface area contributed by atoms with Crippen LogP contribution in [-0.4, -0.2) is 30.3 Å². The minimum atomic E-state index is -0.896. The fraction of sp³-hybridized carbons (Fsp3) is 0.467. The molecule has 6 nitrogen and oxygen atoms in total. The van der Waals surface area contributed by atoms with Crippen LogP contribution < -0.4 is 15.4 Å². The minimum absolute atomic E-state index is 0.0420. The summed E-state index contributed by atoms with van der Waals surface area (Å²) in [5, 5.41) is 14.4. The topological polar surface area (TPSA) is 87.7 Å². The number of carboxylic acid groups (broad SMARTS) is 1. The third-order valence-electron chi connectivity index (χ3n) is 3.58. The first-order chi connectivity index (χ1) is 9.99. The number of aliphatic carboxylic acids is 1. The molecular formula is C15H20N2O4. The summed E-state index contributed by atoms with van der Waals surface area (Å²) < 4.78 is 5.11. The third-order valence-corrected chi connectivity index (χ3v) is 3.58. The van der Waals surface area contributed by atoms with Crippen molar-refractivity contribution >= 4 is 17.7 Å². The summed E-state index contributed by atoms with van der Waals surface area (Å²) in [5.41, 5.74) is 1.56. The van der Waals surface area contributed by atoms with E-state index in [2.05, 4.69) is 10.6 Å². The number of hydrogen-bond donors (Lipinski definition) is 3. The van der Waals surface area contributed by atoms with Gasteiger partial charge in [-0.1, -0.05) is 0 Å². The predicted molar refractivity (Wildman–Crippen MR) is 78.7 cm³/mol. The molecule has 6 heteroatoms. The Morgan fingerprint density at radius 2 is 2.14 bits per heavy atom. The Balaban J connectivity index is 1.95. The number of carboxylic acids is 1. The van der Waals surface area contributed by atoms with Crippen LogP contribution in [0.2, 0.25) is 0 Å². The molecule has 2 amide bonds. The van der Waals surface area contributed by atoms with Gasteiger partial charge < -0.3 is 20.5 Å². The molecule has 1 aromatic rings. The Morgan fingerprint density at radius 3 is 2.67 bits per heavy atom. The lowest BCUT2D eigenvalue weighted by Crippen LogP contribution is -2.40. The number of hydrogen-bond acceptors (Lipinski definition) is 3. The summed E-state index contributed by atoms with van der Waals surface area (Å²) in [4.78, 5) is 22.8. The van der Waals surface area contributed by atoms with Crippen molar-refractivity contribution in [3.8, 4) is 5.75 Å². The van der Waals surface area contributed by atoms with Gasteiger partial charge in [-0.2, -0.15) is 0 Å². The number of carbonyl (C=O) groups excluding carboxylic acids is 1. The molecule has 0 radical (unpaired) electrons. The normalized spacial score (nSPS) is 15.1. The van der Waals surface area contributed by atoms with E-state index in [-0.39, 0.29) is 24.4 Å². The van der Waals surface area contributed by atoms with E-state index in [4.69, 9.17) is 9.84 Å². The molecule has 114 valence electrons. The molecular weight excluding hydrogens is 272 g/mol. The van der Waals surface area contributed by atoms with Crippen LogP contribution in [0, 0.1) is 12.8 Å². The second-order valence-electron chi connectivity index (χ2n) is 5.32. The number of aryl methyl sites for hydroxylation is 1. The molecule has 1 fully saturated rings. The number of carbonyl (C=O) groups is 2. The van der Waals surface area contributed by atoms with Crippen molar-refractivity contribution in [1.29, 1.82) is 0 Å². The Labute approximate surface area is 123 Å². The van der Waals surface area contributed by atoms with Gasteiger partial charge in [-0.05, 0) is 49.4 Å². The van der Waals surface area contributed by atoms with E-state index in [1.54, 1.807) is 19.2 Å². The number of urea groups is 1. The van der Waals surface area contributed by atoms with Gasteiger partial charge in [0, 0.05) is 11.7 Å². The number of rotatable bonds is 6.